The van der Waals surface area contributed by atoms with Crippen molar-refractivity contribution in [2.45, 2.75) is 32.2 Å². The number of nitrogens with two attached hydrogens (primary N) is 1. The van der Waals surface area contributed by atoms with Crippen LogP contribution in [0.15, 0.2) is 72.6 Å². The lowest BCUT2D eigenvalue weighted by Crippen LogP contribution is -2.41. The van der Waals surface area contributed by atoms with Crippen LogP contribution in [0.4, 0.5) is 0 Å². The van der Waals surface area contributed by atoms with Gasteiger partial charge in [0.15, 0.2) is 0 Å². The molecule has 32 heavy (non-hydrogen) atoms. The quantitative estimate of drug-likeness (QED) is 0.583. The Bertz CT molecular complexity index is 1020. The number of aliphatic carboxylic acids is 1. The van der Waals surface area contributed by atoms with Crippen LogP contribution in [-0.4, -0.2) is 41.1 Å². The lowest BCUT2D eigenvalue weighted by atomic mass is 10.1. The van der Waals surface area contributed by atoms with Crippen LogP contribution in [0.1, 0.15) is 30.9 Å². The van der Waals surface area contributed by atoms with E-state index in [1.807, 2.05) is 36.4 Å². The second-order valence-electron chi connectivity index (χ2n) is 7.67. The fourth-order valence-electron chi connectivity index (χ4n) is 3.54. The van der Waals surface area contributed by atoms with Crippen LogP contribution < -0.4 is 10.5 Å². The van der Waals surface area contributed by atoms with Gasteiger partial charge < -0.3 is 25.2 Å². The van der Waals surface area contributed by atoms with E-state index in [0.29, 0.717) is 42.4 Å². The maximum atomic E-state index is 12.6. The van der Waals surface area contributed by atoms with Gasteiger partial charge in [-0.1, -0.05) is 49.0 Å². The number of rotatable bonds is 9. The molecule has 0 saturated carbocycles. The second-order valence-corrected chi connectivity index (χ2v) is 7.67. The maximum Gasteiger partial charge on any atom is 0.326 e. The molecule has 1 atom stereocenters. The second kappa shape index (κ2) is 10.5. The SMILES string of the molecule is C=C(O/C(C)=C(\N)COc1cccc(CC(=O)N2CCC[C@@H]2C(=O)O)c1)c1ccccc1. The summed E-state index contributed by atoms with van der Waals surface area (Å²) < 4.78 is 11.5. The molecule has 7 nitrogen and oxygen atoms in total. The number of carboxylic acids is 1. The molecule has 1 aliphatic rings. The Morgan fingerprint density at radius 2 is 1.94 bits per heavy atom. The van der Waals surface area contributed by atoms with Gasteiger partial charge in [-0.05, 0) is 37.5 Å². The summed E-state index contributed by atoms with van der Waals surface area (Å²) in [6.07, 6.45) is 1.31. The zero-order valence-corrected chi connectivity index (χ0v) is 18.1. The highest BCUT2D eigenvalue weighted by atomic mass is 16.5. The Labute approximate surface area is 187 Å². The van der Waals surface area contributed by atoms with Crippen molar-refractivity contribution in [3.05, 3.63) is 83.8 Å². The highest BCUT2D eigenvalue weighted by Crippen LogP contribution is 2.21. The summed E-state index contributed by atoms with van der Waals surface area (Å²) in [5, 5.41) is 9.28. The topological polar surface area (TPSA) is 102 Å². The predicted octanol–water partition coefficient (Wildman–Crippen LogP) is 3.56. The molecule has 0 aliphatic carbocycles. The maximum absolute atomic E-state index is 12.6. The third kappa shape index (κ3) is 5.91. The van der Waals surface area contributed by atoms with Gasteiger partial charge in [-0.25, -0.2) is 4.79 Å². The smallest absolute Gasteiger partial charge is 0.326 e. The summed E-state index contributed by atoms with van der Waals surface area (Å²) in [4.78, 5) is 25.4. The van der Waals surface area contributed by atoms with Crippen LogP contribution in [0, 0.1) is 0 Å². The zero-order chi connectivity index (χ0) is 23.1. The standard InChI is InChI=1S/C25H28N2O5/c1-17(20-9-4-3-5-10-20)32-18(2)22(26)16-31-21-11-6-8-19(14-21)15-24(28)27-13-7-12-23(27)25(29)30/h3-6,8-11,14,23H,1,7,12-13,15-16,26H2,2H3,(H,29,30)/b22-18-/t23-/m1/s1. The molecule has 0 unspecified atom stereocenters. The molecule has 2 aromatic carbocycles. The van der Waals surface area contributed by atoms with Crippen molar-refractivity contribution < 1.29 is 24.2 Å². The van der Waals surface area contributed by atoms with Crippen LogP contribution >= 0.6 is 0 Å². The third-order valence-corrected chi connectivity index (χ3v) is 5.33. The van der Waals surface area contributed by atoms with Crippen molar-refractivity contribution in [1.82, 2.24) is 4.90 Å². The van der Waals surface area contributed by atoms with Gasteiger partial charge in [0.25, 0.3) is 0 Å². The Morgan fingerprint density at radius 3 is 2.66 bits per heavy atom. The number of likely N-dealkylation sites (tertiary alicyclic amines) is 1. The van der Waals surface area contributed by atoms with E-state index in [4.69, 9.17) is 15.2 Å². The number of carbonyl (C=O) groups is 2. The van der Waals surface area contributed by atoms with E-state index in [0.717, 1.165) is 11.1 Å². The molecule has 0 spiro atoms. The molecule has 1 fully saturated rings. The molecule has 3 N–H and O–H groups in total. The first-order valence-electron chi connectivity index (χ1n) is 10.5. The molecule has 2 aromatic rings. The first kappa shape index (κ1) is 22.9. The van der Waals surface area contributed by atoms with Crippen molar-refractivity contribution >= 4 is 17.6 Å². The molecule has 7 heteroatoms. The van der Waals surface area contributed by atoms with Gasteiger partial charge in [0, 0.05) is 12.1 Å². The van der Waals surface area contributed by atoms with Crippen LogP contribution in [0.3, 0.4) is 0 Å². The van der Waals surface area contributed by atoms with Crippen molar-refractivity contribution in [3.8, 4) is 5.75 Å². The van der Waals surface area contributed by atoms with E-state index >= 15 is 0 Å². The Morgan fingerprint density at radius 1 is 1.19 bits per heavy atom. The fourth-order valence-corrected chi connectivity index (χ4v) is 3.54. The van der Waals surface area contributed by atoms with E-state index < -0.39 is 12.0 Å². The minimum absolute atomic E-state index is 0.110. The van der Waals surface area contributed by atoms with Crippen molar-refractivity contribution in [2.24, 2.45) is 5.73 Å². The fraction of sp³-hybridized carbons (Fsp3) is 0.280. The summed E-state index contributed by atoms with van der Waals surface area (Å²) >= 11 is 0. The van der Waals surface area contributed by atoms with Crippen molar-refractivity contribution in [2.75, 3.05) is 13.2 Å². The molecule has 0 radical (unpaired) electrons. The number of nitrogens with zero attached hydrogens (tertiary/aromatic N) is 1. The average Bonchev–Trinajstić information content (AvgIpc) is 3.29. The van der Waals surface area contributed by atoms with Gasteiger partial charge in [0.05, 0.1) is 12.1 Å². The number of benzene rings is 2. The number of hydrogen-bond acceptors (Lipinski definition) is 5. The first-order chi connectivity index (χ1) is 15.3. The molecule has 1 aliphatic heterocycles. The lowest BCUT2D eigenvalue weighted by molar-refractivity contribution is -0.148. The highest BCUT2D eigenvalue weighted by molar-refractivity contribution is 5.85. The van der Waals surface area contributed by atoms with Gasteiger partial charge in [-0.3, -0.25) is 4.79 Å². The molecule has 0 bridgehead atoms. The van der Waals surface area contributed by atoms with Gasteiger partial charge in [0.2, 0.25) is 5.91 Å². The monoisotopic (exact) mass is 436 g/mol. The minimum Gasteiger partial charge on any atom is -0.487 e. The molecule has 0 aromatic heterocycles. The summed E-state index contributed by atoms with van der Waals surface area (Å²) in [6.45, 7) is 6.26. The third-order valence-electron chi connectivity index (χ3n) is 5.33. The van der Waals surface area contributed by atoms with E-state index in [1.54, 1.807) is 25.1 Å². The van der Waals surface area contributed by atoms with E-state index in [9.17, 15) is 14.7 Å². The number of allylic oxidation sites excluding steroid dienone is 1. The lowest BCUT2D eigenvalue weighted by Gasteiger charge is -2.21. The van der Waals surface area contributed by atoms with Crippen molar-refractivity contribution in [3.63, 3.8) is 0 Å². The largest absolute Gasteiger partial charge is 0.487 e. The zero-order valence-electron chi connectivity index (χ0n) is 18.1. The number of ether oxygens (including phenoxy) is 2. The van der Waals surface area contributed by atoms with Crippen LogP contribution in [0.5, 0.6) is 5.75 Å². The Kier molecular flexibility index (Phi) is 7.54. The van der Waals surface area contributed by atoms with Gasteiger partial charge in [-0.15, -0.1) is 0 Å². The molecular formula is C25H28N2O5. The normalized spacial score (nSPS) is 16.3. The summed E-state index contributed by atoms with van der Waals surface area (Å²) in [5.74, 6) is 0.397. The van der Waals surface area contributed by atoms with Crippen LogP contribution in [0.25, 0.3) is 5.76 Å². The first-order valence-corrected chi connectivity index (χ1v) is 10.5. The predicted molar refractivity (Wildman–Crippen MR) is 121 cm³/mol. The van der Waals surface area contributed by atoms with E-state index in [2.05, 4.69) is 6.58 Å². The van der Waals surface area contributed by atoms with Gasteiger partial charge in [0.1, 0.15) is 29.9 Å². The van der Waals surface area contributed by atoms with E-state index in [-0.39, 0.29) is 18.9 Å². The molecule has 1 heterocycles. The highest BCUT2D eigenvalue weighted by Gasteiger charge is 2.33. The number of amides is 1. The summed E-state index contributed by atoms with van der Waals surface area (Å²) in [5.41, 5.74) is 8.14. The molecule has 1 saturated heterocycles. The van der Waals surface area contributed by atoms with Crippen LogP contribution in [-0.2, 0) is 20.7 Å². The van der Waals surface area contributed by atoms with Gasteiger partial charge >= 0.3 is 5.97 Å². The van der Waals surface area contributed by atoms with Crippen LogP contribution in [0.2, 0.25) is 0 Å². The number of carboxylic acid groups (broad SMARTS) is 1. The number of carbonyl (C=O) groups excluding carboxylic acids is 1. The Balaban J connectivity index is 1.57. The summed E-state index contributed by atoms with van der Waals surface area (Å²) in [7, 11) is 0. The molecule has 1 amide bonds. The molecular weight excluding hydrogens is 408 g/mol. The summed E-state index contributed by atoms with van der Waals surface area (Å²) in [6, 6.07) is 15.9. The molecule has 168 valence electrons. The van der Waals surface area contributed by atoms with Gasteiger partial charge in [-0.2, -0.15) is 0 Å². The Hall–Kier alpha value is -3.74. The molecule has 3 rings (SSSR count). The van der Waals surface area contributed by atoms with E-state index in [1.165, 1.54) is 4.90 Å². The van der Waals surface area contributed by atoms with Crippen molar-refractivity contribution in [1.29, 1.82) is 0 Å². The minimum atomic E-state index is -0.956. The average molecular weight is 437 g/mol. The number of hydrogen-bond donors (Lipinski definition) is 2.